The highest BCUT2D eigenvalue weighted by molar-refractivity contribution is 6.14. The average Bonchev–Trinajstić information content (AvgIpc) is 3.32. The van der Waals surface area contributed by atoms with Crippen LogP contribution >= 0.6 is 0 Å². The van der Waals surface area contributed by atoms with Gasteiger partial charge in [0.05, 0.1) is 11.4 Å². The minimum absolute atomic E-state index is 0.186. The first kappa shape index (κ1) is 57.8. The summed E-state index contributed by atoms with van der Waals surface area (Å²) in [7, 11) is 0. The van der Waals surface area contributed by atoms with E-state index in [9.17, 15) is 4.79 Å². The monoisotopic (exact) mass is 885 g/mol. The average molecular weight is 886 g/mol. The molecule has 2 aromatic rings. The summed E-state index contributed by atoms with van der Waals surface area (Å²) in [6, 6.07) is 16.9. The number of hydrogen-bond donors (Lipinski definition) is 0. The van der Waals surface area contributed by atoms with Crippen LogP contribution in [0.3, 0.4) is 0 Å². The molecular weight excluding hydrogens is 777 g/mol. The first-order chi connectivity index (χ1) is 31.7. The van der Waals surface area contributed by atoms with E-state index in [0.717, 1.165) is 37.3 Å². The second-order valence-electron chi connectivity index (χ2n) is 20.1. The van der Waals surface area contributed by atoms with Crippen LogP contribution in [0.25, 0.3) is 0 Å². The zero-order chi connectivity index (χ0) is 45.8. The van der Waals surface area contributed by atoms with Crippen LogP contribution in [0.2, 0.25) is 0 Å². The SMILES string of the molecule is CCCCCCCCCCCCN(CCCCCCCCCCCC)c1cccc(C(=O)c2ccccc2)c1N(CCCCCCCCCCCC)CCCCCCCCCCCC. The Hall–Kier alpha value is -2.29. The summed E-state index contributed by atoms with van der Waals surface area (Å²) in [5, 5.41) is 0. The molecule has 0 atom stereocenters. The lowest BCUT2D eigenvalue weighted by atomic mass is 9.98. The molecule has 0 radical (unpaired) electrons. The third-order valence-electron chi connectivity index (χ3n) is 14.1. The van der Waals surface area contributed by atoms with Crippen LogP contribution in [0.1, 0.15) is 300 Å². The Balaban J connectivity index is 2.31. The lowest BCUT2D eigenvalue weighted by Gasteiger charge is -2.34. The van der Waals surface area contributed by atoms with E-state index < -0.39 is 0 Å². The minimum Gasteiger partial charge on any atom is -0.370 e. The molecule has 3 heteroatoms. The molecule has 368 valence electrons. The van der Waals surface area contributed by atoms with E-state index in [1.165, 1.54) is 268 Å². The summed E-state index contributed by atoms with van der Waals surface area (Å²) in [6.45, 7) is 13.5. The van der Waals surface area contributed by atoms with E-state index in [-0.39, 0.29) is 5.78 Å². The van der Waals surface area contributed by atoms with Crippen molar-refractivity contribution in [2.24, 2.45) is 0 Å². The molecule has 2 aromatic carbocycles. The van der Waals surface area contributed by atoms with Gasteiger partial charge in [0.1, 0.15) is 0 Å². The number of benzene rings is 2. The predicted molar refractivity (Wildman–Crippen MR) is 288 cm³/mol. The van der Waals surface area contributed by atoms with Gasteiger partial charge in [-0.15, -0.1) is 0 Å². The molecule has 0 aliphatic carbocycles. The molecule has 0 bridgehead atoms. The van der Waals surface area contributed by atoms with Crippen molar-refractivity contribution in [3.63, 3.8) is 0 Å². The molecule has 0 saturated heterocycles. The van der Waals surface area contributed by atoms with Gasteiger partial charge in [-0.25, -0.2) is 0 Å². The Bertz CT molecular complexity index is 1240. The van der Waals surface area contributed by atoms with Crippen LogP contribution < -0.4 is 9.80 Å². The fraction of sp³-hybridized carbons (Fsp3) is 0.787. The lowest BCUT2D eigenvalue weighted by Crippen LogP contribution is -2.33. The molecule has 2 rings (SSSR count). The lowest BCUT2D eigenvalue weighted by molar-refractivity contribution is 0.103. The first-order valence-corrected chi connectivity index (χ1v) is 28.9. The summed E-state index contributed by atoms with van der Waals surface area (Å²) in [5.74, 6) is 0.186. The molecule has 0 spiro atoms. The molecule has 0 aliphatic heterocycles. The van der Waals surface area contributed by atoms with Crippen molar-refractivity contribution in [1.82, 2.24) is 0 Å². The van der Waals surface area contributed by atoms with Gasteiger partial charge in [-0.1, -0.05) is 295 Å². The maximum atomic E-state index is 14.7. The summed E-state index contributed by atoms with van der Waals surface area (Å²) >= 11 is 0. The second-order valence-corrected chi connectivity index (χ2v) is 20.1. The maximum absolute atomic E-state index is 14.7. The van der Waals surface area contributed by atoms with Crippen molar-refractivity contribution in [2.75, 3.05) is 36.0 Å². The zero-order valence-electron chi connectivity index (χ0n) is 43.5. The fourth-order valence-corrected chi connectivity index (χ4v) is 9.90. The Morgan fingerprint density at radius 2 is 0.594 bits per heavy atom. The minimum atomic E-state index is 0.186. The number of para-hydroxylation sites is 1. The number of carbonyl (C=O) groups excluding carboxylic acids is 1. The largest absolute Gasteiger partial charge is 0.370 e. The number of hydrogen-bond acceptors (Lipinski definition) is 3. The number of rotatable bonds is 48. The van der Waals surface area contributed by atoms with Crippen molar-refractivity contribution >= 4 is 17.2 Å². The van der Waals surface area contributed by atoms with Crippen LogP contribution in [-0.2, 0) is 0 Å². The third kappa shape index (κ3) is 29.4. The van der Waals surface area contributed by atoms with Crippen molar-refractivity contribution in [3.8, 4) is 0 Å². The highest BCUT2D eigenvalue weighted by atomic mass is 16.1. The van der Waals surface area contributed by atoms with Crippen molar-refractivity contribution < 1.29 is 4.79 Å². The van der Waals surface area contributed by atoms with Crippen LogP contribution in [0.4, 0.5) is 11.4 Å². The quantitative estimate of drug-likeness (QED) is 0.0489. The molecule has 0 aromatic heterocycles. The van der Waals surface area contributed by atoms with Crippen molar-refractivity contribution in [1.29, 1.82) is 0 Å². The van der Waals surface area contributed by atoms with E-state index >= 15 is 0 Å². The van der Waals surface area contributed by atoms with Gasteiger partial charge in [-0.2, -0.15) is 0 Å². The molecule has 0 heterocycles. The summed E-state index contributed by atoms with van der Waals surface area (Å²) in [5.41, 5.74) is 4.30. The van der Waals surface area contributed by atoms with Crippen LogP contribution in [0, 0.1) is 0 Å². The van der Waals surface area contributed by atoms with Crippen LogP contribution in [0.5, 0.6) is 0 Å². The maximum Gasteiger partial charge on any atom is 0.195 e. The summed E-state index contributed by atoms with van der Waals surface area (Å²) in [6.07, 6.45) is 54.3. The van der Waals surface area contributed by atoms with Gasteiger partial charge in [0, 0.05) is 37.3 Å². The molecule has 64 heavy (non-hydrogen) atoms. The first-order valence-electron chi connectivity index (χ1n) is 28.9. The zero-order valence-corrected chi connectivity index (χ0v) is 43.5. The number of anilines is 2. The summed E-state index contributed by atoms with van der Waals surface area (Å²) < 4.78 is 0. The van der Waals surface area contributed by atoms with Gasteiger partial charge in [0.2, 0.25) is 0 Å². The van der Waals surface area contributed by atoms with Crippen LogP contribution in [-0.4, -0.2) is 32.0 Å². The van der Waals surface area contributed by atoms with E-state index in [4.69, 9.17) is 0 Å². The van der Waals surface area contributed by atoms with Gasteiger partial charge in [-0.3, -0.25) is 4.79 Å². The highest BCUT2D eigenvalue weighted by Crippen LogP contribution is 2.36. The Morgan fingerprint density at radius 1 is 0.312 bits per heavy atom. The molecule has 3 nitrogen and oxygen atoms in total. The fourth-order valence-electron chi connectivity index (χ4n) is 9.90. The van der Waals surface area contributed by atoms with Gasteiger partial charge in [0.15, 0.2) is 5.78 Å². The molecule has 0 unspecified atom stereocenters. The molecule has 0 saturated carbocycles. The standard InChI is InChI=1S/C61H108N2O/c1-5-9-13-17-21-25-29-33-37-44-53-62(54-45-38-34-30-26-22-18-14-10-6-2)59-52-48-51-58(61(64)57-49-42-41-43-50-57)60(59)63(55-46-39-35-31-27-23-19-15-11-7-3)56-47-40-36-32-28-24-20-16-12-8-4/h41-43,48-52H,5-40,44-47,53-56H2,1-4H3. The van der Waals surface area contributed by atoms with Gasteiger partial charge < -0.3 is 9.80 Å². The number of ketones is 1. The number of nitrogens with zero attached hydrogens (tertiary/aromatic N) is 2. The van der Waals surface area contributed by atoms with E-state index in [2.05, 4.69) is 55.7 Å². The Labute approximate surface area is 400 Å². The smallest absolute Gasteiger partial charge is 0.195 e. The van der Waals surface area contributed by atoms with Gasteiger partial charge in [0.25, 0.3) is 0 Å². The normalized spacial score (nSPS) is 11.4. The van der Waals surface area contributed by atoms with Gasteiger partial charge in [-0.05, 0) is 37.8 Å². The number of carbonyl (C=O) groups is 1. The number of unbranched alkanes of at least 4 members (excludes halogenated alkanes) is 36. The Morgan fingerprint density at radius 3 is 0.906 bits per heavy atom. The predicted octanol–water partition coefficient (Wildman–Crippen LogP) is 20.2. The highest BCUT2D eigenvalue weighted by Gasteiger charge is 2.24. The topological polar surface area (TPSA) is 23.6 Å². The van der Waals surface area contributed by atoms with E-state index in [0.29, 0.717) is 0 Å². The third-order valence-corrected chi connectivity index (χ3v) is 14.1. The molecule has 0 N–H and O–H groups in total. The summed E-state index contributed by atoms with van der Waals surface area (Å²) in [4.78, 5) is 20.1. The van der Waals surface area contributed by atoms with Crippen molar-refractivity contribution in [3.05, 3.63) is 59.7 Å². The Kier molecular flexibility index (Phi) is 39.1. The van der Waals surface area contributed by atoms with E-state index in [1.807, 2.05) is 30.3 Å². The molecule has 0 aliphatic rings. The second kappa shape index (κ2) is 43.3. The van der Waals surface area contributed by atoms with Crippen LogP contribution in [0.15, 0.2) is 48.5 Å². The molecular formula is C61H108N2O. The molecule has 0 amide bonds. The molecule has 0 fully saturated rings. The van der Waals surface area contributed by atoms with E-state index in [1.54, 1.807) is 0 Å². The van der Waals surface area contributed by atoms with Gasteiger partial charge >= 0.3 is 0 Å². The van der Waals surface area contributed by atoms with Crippen molar-refractivity contribution in [2.45, 2.75) is 285 Å².